The molecule has 0 unspecified atom stereocenters. The van der Waals surface area contributed by atoms with Gasteiger partial charge in [0.25, 0.3) is 10.0 Å². The summed E-state index contributed by atoms with van der Waals surface area (Å²) >= 11 is 0. The predicted molar refractivity (Wildman–Crippen MR) is 62.7 cm³/mol. The maximum absolute atomic E-state index is 12.1. The van der Waals surface area contributed by atoms with E-state index in [1.165, 1.54) is 16.6 Å². The van der Waals surface area contributed by atoms with Gasteiger partial charge in [-0.15, -0.1) is 0 Å². The summed E-state index contributed by atoms with van der Waals surface area (Å²) in [7, 11) is -1.90. The predicted octanol–water partition coefficient (Wildman–Crippen LogP) is 0.604. The van der Waals surface area contributed by atoms with Crippen molar-refractivity contribution in [3.8, 4) is 0 Å². The molecule has 0 bridgehead atoms. The first-order valence-electron chi connectivity index (χ1n) is 5.56. The molecule has 1 fully saturated rings. The number of rotatable bonds is 5. The normalized spacial score (nSPS) is 16.4. The van der Waals surface area contributed by atoms with Crippen molar-refractivity contribution < 1.29 is 13.5 Å². The summed E-state index contributed by atoms with van der Waals surface area (Å²) in [4.78, 5) is 3.88. The first-order valence-corrected chi connectivity index (χ1v) is 7.00. The Bertz CT molecular complexity index is 480. The topological polar surface area (TPSA) is 70.5 Å². The van der Waals surface area contributed by atoms with E-state index in [2.05, 4.69) is 4.98 Å². The zero-order valence-electron chi connectivity index (χ0n) is 9.70. The highest BCUT2D eigenvalue weighted by atomic mass is 32.2. The van der Waals surface area contributed by atoms with Gasteiger partial charge in [0.05, 0.1) is 6.61 Å². The van der Waals surface area contributed by atoms with E-state index in [1.54, 1.807) is 13.1 Å². The summed E-state index contributed by atoms with van der Waals surface area (Å²) < 4.78 is 25.5. The Balaban J connectivity index is 2.17. The Morgan fingerprint density at radius 2 is 2.18 bits per heavy atom. The Morgan fingerprint density at radius 1 is 1.47 bits per heavy atom. The summed E-state index contributed by atoms with van der Waals surface area (Å²) in [6, 6.07) is 3.01. The quantitative estimate of drug-likeness (QED) is 0.837. The third-order valence-corrected chi connectivity index (χ3v) is 4.61. The molecule has 2 rings (SSSR count). The van der Waals surface area contributed by atoms with Gasteiger partial charge in [0, 0.05) is 19.8 Å². The Morgan fingerprint density at radius 3 is 2.65 bits per heavy atom. The monoisotopic (exact) mass is 256 g/mol. The van der Waals surface area contributed by atoms with Gasteiger partial charge in [0.2, 0.25) is 0 Å². The van der Waals surface area contributed by atoms with Gasteiger partial charge in [-0.25, -0.2) is 13.4 Å². The Kier molecular flexibility index (Phi) is 3.46. The molecule has 6 heteroatoms. The summed E-state index contributed by atoms with van der Waals surface area (Å²) in [6.07, 6.45) is 3.60. The molecule has 0 radical (unpaired) electrons. The number of sulfonamides is 1. The van der Waals surface area contributed by atoms with E-state index in [9.17, 15) is 8.42 Å². The second-order valence-corrected chi connectivity index (χ2v) is 6.38. The summed E-state index contributed by atoms with van der Waals surface area (Å²) in [5, 5.41) is 8.91. The lowest BCUT2D eigenvalue weighted by Gasteiger charge is -2.16. The number of nitrogens with zero attached hydrogens (tertiary/aromatic N) is 2. The minimum atomic E-state index is -3.48. The van der Waals surface area contributed by atoms with Crippen LogP contribution in [0.5, 0.6) is 0 Å². The molecule has 94 valence electrons. The fraction of sp³-hybridized carbons (Fsp3) is 0.545. The molecule has 1 aliphatic rings. The molecule has 17 heavy (non-hydrogen) atoms. The van der Waals surface area contributed by atoms with Crippen molar-refractivity contribution in [3.05, 3.63) is 23.9 Å². The molecule has 1 heterocycles. The average Bonchev–Trinajstić information content (AvgIpc) is 3.13. The molecule has 1 aromatic rings. The molecule has 5 nitrogen and oxygen atoms in total. The molecule has 0 atom stereocenters. The van der Waals surface area contributed by atoms with Gasteiger partial charge in [0.1, 0.15) is 0 Å². The van der Waals surface area contributed by atoms with Crippen molar-refractivity contribution >= 4 is 10.0 Å². The largest absolute Gasteiger partial charge is 0.392 e. The third kappa shape index (κ3) is 2.83. The SMILES string of the molecule is CN(CC1CC1)S(=O)(=O)c1ccc(CO)cn1. The van der Waals surface area contributed by atoms with Crippen LogP contribution in [0.3, 0.4) is 0 Å². The highest BCUT2D eigenvalue weighted by molar-refractivity contribution is 7.89. The lowest BCUT2D eigenvalue weighted by Crippen LogP contribution is -2.29. The van der Waals surface area contributed by atoms with E-state index in [0.29, 0.717) is 18.0 Å². The maximum Gasteiger partial charge on any atom is 0.260 e. The summed E-state index contributed by atoms with van der Waals surface area (Å²) in [5.41, 5.74) is 0.605. The standard InChI is InChI=1S/C11H16N2O3S/c1-13(7-9-2-3-9)17(15,16)11-5-4-10(8-14)6-12-11/h4-6,9,14H,2-3,7-8H2,1H3. The fourth-order valence-electron chi connectivity index (χ4n) is 1.58. The van der Waals surface area contributed by atoms with E-state index in [-0.39, 0.29) is 11.6 Å². The number of hydrogen-bond donors (Lipinski definition) is 1. The Labute approximate surface area is 101 Å². The van der Waals surface area contributed by atoms with Crippen LogP contribution in [0.2, 0.25) is 0 Å². The van der Waals surface area contributed by atoms with Crippen LogP contribution in [0.1, 0.15) is 18.4 Å². The molecule has 1 aliphatic carbocycles. The molecule has 0 spiro atoms. The van der Waals surface area contributed by atoms with Crippen LogP contribution in [-0.4, -0.2) is 36.4 Å². The third-order valence-electron chi connectivity index (χ3n) is 2.87. The van der Waals surface area contributed by atoms with Crippen molar-refractivity contribution in [3.63, 3.8) is 0 Å². The zero-order chi connectivity index (χ0) is 12.5. The van der Waals surface area contributed by atoms with Gasteiger partial charge >= 0.3 is 0 Å². The van der Waals surface area contributed by atoms with Gasteiger partial charge in [0.15, 0.2) is 5.03 Å². The van der Waals surface area contributed by atoms with Crippen molar-refractivity contribution in [2.75, 3.05) is 13.6 Å². The lowest BCUT2D eigenvalue weighted by atomic mass is 10.3. The van der Waals surface area contributed by atoms with Gasteiger partial charge < -0.3 is 5.11 Å². The smallest absolute Gasteiger partial charge is 0.260 e. The molecule has 1 aromatic heterocycles. The first-order chi connectivity index (χ1) is 8.04. The maximum atomic E-state index is 12.1. The van der Waals surface area contributed by atoms with Crippen molar-refractivity contribution in [1.82, 2.24) is 9.29 Å². The number of aliphatic hydroxyl groups is 1. The van der Waals surface area contributed by atoms with Crippen LogP contribution in [0.15, 0.2) is 23.4 Å². The van der Waals surface area contributed by atoms with E-state index >= 15 is 0 Å². The number of pyridine rings is 1. The second-order valence-electron chi connectivity index (χ2n) is 4.39. The minimum Gasteiger partial charge on any atom is -0.392 e. The van der Waals surface area contributed by atoms with Crippen LogP contribution in [-0.2, 0) is 16.6 Å². The van der Waals surface area contributed by atoms with Crippen molar-refractivity contribution in [2.24, 2.45) is 5.92 Å². The van der Waals surface area contributed by atoms with Crippen LogP contribution in [0.4, 0.5) is 0 Å². The average molecular weight is 256 g/mol. The highest BCUT2D eigenvalue weighted by Crippen LogP contribution is 2.30. The van der Waals surface area contributed by atoms with Gasteiger partial charge in [-0.2, -0.15) is 4.31 Å². The molecular formula is C11H16N2O3S. The highest BCUT2D eigenvalue weighted by Gasteiger charge is 2.29. The molecule has 1 saturated carbocycles. The summed E-state index contributed by atoms with van der Waals surface area (Å²) in [5.74, 6) is 0.506. The van der Waals surface area contributed by atoms with Crippen molar-refractivity contribution in [1.29, 1.82) is 0 Å². The van der Waals surface area contributed by atoms with E-state index < -0.39 is 10.0 Å². The van der Waals surface area contributed by atoms with Gasteiger partial charge in [-0.1, -0.05) is 6.07 Å². The van der Waals surface area contributed by atoms with Crippen LogP contribution < -0.4 is 0 Å². The molecule has 0 aliphatic heterocycles. The molecule has 0 amide bonds. The molecular weight excluding hydrogens is 240 g/mol. The summed E-state index contributed by atoms with van der Waals surface area (Å²) in [6.45, 7) is 0.428. The number of aliphatic hydroxyl groups excluding tert-OH is 1. The van der Waals surface area contributed by atoms with Gasteiger partial charge in [-0.3, -0.25) is 0 Å². The lowest BCUT2D eigenvalue weighted by molar-refractivity contribution is 0.281. The van der Waals surface area contributed by atoms with Crippen LogP contribution >= 0.6 is 0 Å². The van der Waals surface area contributed by atoms with E-state index in [0.717, 1.165) is 12.8 Å². The number of aromatic nitrogens is 1. The minimum absolute atomic E-state index is 0.0397. The second kappa shape index (κ2) is 4.72. The van der Waals surface area contributed by atoms with Crippen LogP contribution in [0, 0.1) is 5.92 Å². The first kappa shape index (κ1) is 12.5. The van der Waals surface area contributed by atoms with E-state index in [4.69, 9.17) is 5.11 Å². The van der Waals surface area contributed by atoms with Crippen molar-refractivity contribution in [2.45, 2.75) is 24.5 Å². The fourth-order valence-corrected chi connectivity index (χ4v) is 2.73. The number of hydrogen-bond acceptors (Lipinski definition) is 4. The molecule has 0 saturated heterocycles. The van der Waals surface area contributed by atoms with E-state index in [1.807, 2.05) is 0 Å². The Hall–Kier alpha value is -0.980. The zero-order valence-corrected chi connectivity index (χ0v) is 10.5. The van der Waals surface area contributed by atoms with Gasteiger partial charge in [-0.05, 0) is 30.4 Å². The van der Waals surface area contributed by atoms with Crippen LogP contribution in [0.25, 0.3) is 0 Å². The molecule has 1 N–H and O–H groups in total. The molecule has 0 aromatic carbocycles.